The molecule has 37 heavy (non-hydrogen) atoms. The third kappa shape index (κ3) is 7.35. The zero-order valence-corrected chi connectivity index (χ0v) is 21.4. The summed E-state index contributed by atoms with van der Waals surface area (Å²) >= 11 is 0. The maximum atomic E-state index is 13.2. The first-order chi connectivity index (χ1) is 17.8. The van der Waals surface area contributed by atoms with E-state index in [-0.39, 0.29) is 29.8 Å². The Balaban J connectivity index is 1.46. The minimum atomic E-state index is -3.63. The van der Waals surface area contributed by atoms with Crippen LogP contribution in [0.2, 0.25) is 0 Å². The molecule has 0 spiro atoms. The summed E-state index contributed by atoms with van der Waals surface area (Å²) < 4.78 is 35.9. The number of rotatable bonds is 11. The molecule has 0 radical (unpaired) electrons. The van der Waals surface area contributed by atoms with Crippen LogP contribution in [-0.2, 0) is 19.4 Å². The van der Waals surface area contributed by atoms with Gasteiger partial charge < -0.3 is 24.8 Å². The molecule has 2 heterocycles. The highest BCUT2D eigenvalue weighted by Gasteiger charge is 2.35. The molecule has 1 saturated heterocycles. The van der Waals surface area contributed by atoms with Crippen LogP contribution in [0.3, 0.4) is 0 Å². The van der Waals surface area contributed by atoms with Crippen LogP contribution in [0.15, 0.2) is 34.9 Å². The lowest BCUT2D eigenvalue weighted by molar-refractivity contribution is -0.123. The highest BCUT2D eigenvalue weighted by Crippen LogP contribution is 2.30. The molecule has 1 aliphatic heterocycles. The van der Waals surface area contributed by atoms with E-state index in [4.69, 9.17) is 9.26 Å². The fourth-order valence-electron chi connectivity index (χ4n) is 3.96. The maximum Gasteiger partial charge on any atom is 0.318 e. The van der Waals surface area contributed by atoms with Crippen molar-refractivity contribution in [1.82, 2.24) is 25.7 Å². The topological polar surface area (TPSA) is 161 Å². The van der Waals surface area contributed by atoms with Gasteiger partial charge in [0.25, 0.3) is 5.89 Å². The molecule has 0 bridgehead atoms. The predicted molar refractivity (Wildman–Crippen MR) is 132 cm³/mol. The smallest absolute Gasteiger partial charge is 0.318 e. The molecule has 2 aliphatic rings. The normalized spacial score (nSPS) is 17.6. The average molecular weight is 534 g/mol. The predicted octanol–water partition coefficient (Wildman–Crippen LogP) is 1.05. The summed E-state index contributed by atoms with van der Waals surface area (Å²) in [5.41, 5.74) is 0.661. The third-order valence-corrected chi connectivity index (χ3v) is 8.05. The number of aromatic nitrogens is 2. The van der Waals surface area contributed by atoms with E-state index in [0.29, 0.717) is 31.9 Å². The first kappa shape index (κ1) is 26.7. The number of amides is 3. The van der Waals surface area contributed by atoms with Gasteiger partial charge >= 0.3 is 6.03 Å². The number of urea groups is 1. The van der Waals surface area contributed by atoms with Crippen LogP contribution in [0.4, 0.5) is 4.79 Å². The van der Waals surface area contributed by atoms with Gasteiger partial charge in [0.1, 0.15) is 6.04 Å². The van der Waals surface area contributed by atoms with Crippen molar-refractivity contribution in [3.05, 3.63) is 36.2 Å². The van der Waals surface area contributed by atoms with Crippen molar-refractivity contribution in [2.75, 3.05) is 37.8 Å². The van der Waals surface area contributed by atoms with E-state index in [9.17, 15) is 22.8 Å². The Morgan fingerprint density at radius 3 is 2.43 bits per heavy atom. The number of benzene rings is 1. The molecule has 12 nitrogen and oxygen atoms in total. The largest absolute Gasteiger partial charge is 0.378 e. The Morgan fingerprint density at radius 2 is 1.78 bits per heavy atom. The molecule has 2 aromatic rings. The number of hydrogen-bond acceptors (Lipinski definition) is 9. The lowest BCUT2D eigenvalue weighted by Crippen LogP contribution is -2.57. The summed E-state index contributed by atoms with van der Waals surface area (Å²) in [4.78, 5) is 44.6. The summed E-state index contributed by atoms with van der Waals surface area (Å²) in [6.07, 6.45) is 1.85. The van der Waals surface area contributed by atoms with Crippen molar-refractivity contribution >= 4 is 27.6 Å². The van der Waals surface area contributed by atoms with E-state index in [1.165, 1.54) is 4.90 Å². The van der Waals surface area contributed by atoms with Crippen LogP contribution in [0.25, 0.3) is 11.4 Å². The van der Waals surface area contributed by atoms with Crippen molar-refractivity contribution in [2.45, 2.75) is 38.3 Å². The van der Waals surface area contributed by atoms with Crippen LogP contribution in [0.5, 0.6) is 0 Å². The second kappa shape index (κ2) is 11.8. The third-order valence-electron chi connectivity index (χ3n) is 6.23. The summed E-state index contributed by atoms with van der Waals surface area (Å²) in [6.45, 7) is 3.04. The quantitative estimate of drug-likeness (QED) is 0.402. The van der Waals surface area contributed by atoms with E-state index in [1.807, 2.05) is 6.07 Å². The number of nitrogens with one attached hydrogen (secondary N) is 2. The molecule has 2 unspecified atom stereocenters. The maximum absolute atomic E-state index is 13.2. The number of ketones is 1. The van der Waals surface area contributed by atoms with Gasteiger partial charge in [0, 0.05) is 18.7 Å². The number of Topliss-reactive ketones (excluding diaryl/α,β-unsaturated/α-hetero) is 1. The number of hydrogen-bond donors (Lipinski definition) is 2. The van der Waals surface area contributed by atoms with E-state index < -0.39 is 45.4 Å². The van der Waals surface area contributed by atoms with Gasteiger partial charge in [0.15, 0.2) is 9.84 Å². The SMILES string of the molecule is CCC(NC(=O)C(CS(=O)(=O)CC1CC1)NC(=O)N1CCOCC1)C(=O)c1nc(-c2ccccc2)no1. The van der Waals surface area contributed by atoms with E-state index in [2.05, 4.69) is 20.8 Å². The molecule has 2 fully saturated rings. The summed E-state index contributed by atoms with van der Waals surface area (Å²) in [7, 11) is -3.63. The fourth-order valence-corrected chi connectivity index (χ4v) is 5.89. The number of nitrogens with zero attached hydrogens (tertiary/aromatic N) is 3. The fraction of sp³-hybridized carbons (Fsp3) is 0.542. The molecule has 3 amide bonds. The molecular formula is C24H31N5O7S. The molecule has 13 heteroatoms. The van der Waals surface area contributed by atoms with Gasteiger partial charge in [-0.25, -0.2) is 13.2 Å². The van der Waals surface area contributed by atoms with Crippen molar-refractivity contribution in [1.29, 1.82) is 0 Å². The second-order valence-corrected chi connectivity index (χ2v) is 11.4. The number of ether oxygens (including phenoxy) is 1. The second-order valence-electron chi connectivity index (χ2n) is 9.24. The summed E-state index contributed by atoms with van der Waals surface area (Å²) in [5.74, 6) is -1.94. The minimum absolute atomic E-state index is 0.0371. The van der Waals surface area contributed by atoms with Crippen molar-refractivity contribution in [3.8, 4) is 11.4 Å². The molecule has 1 saturated carbocycles. The molecule has 4 rings (SSSR count). The van der Waals surface area contributed by atoms with Crippen molar-refractivity contribution < 1.29 is 32.1 Å². The Morgan fingerprint density at radius 1 is 1.08 bits per heavy atom. The highest BCUT2D eigenvalue weighted by atomic mass is 32.2. The Labute approximate surface area is 215 Å². The van der Waals surface area contributed by atoms with Crippen molar-refractivity contribution in [3.63, 3.8) is 0 Å². The number of sulfone groups is 1. The molecule has 1 aromatic carbocycles. The molecular weight excluding hydrogens is 502 g/mol. The average Bonchev–Trinajstić information content (AvgIpc) is 3.56. The van der Waals surface area contributed by atoms with Crippen LogP contribution in [-0.4, -0.2) is 91.1 Å². The summed E-state index contributed by atoms with van der Waals surface area (Å²) in [5, 5.41) is 8.96. The first-order valence-corrected chi connectivity index (χ1v) is 14.1. The van der Waals surface area contributed by atoms with Crippen LogP contribution < -0.4 is 10.6 Å². The van der Waals surface area contributed by atoms with Crippen LogP contribution in [0.1, 0.15) is 36.9 Å². The summed E-state index contributed by atoms with van der Waals surface area (Å²) in [6, 6.07) is 5.97. The Bertz CT molecular complexity index is 1210. The molecule has 1 aromatic heterocycles. The monoisotopic (exact) mass is 533 g/mol. The molecule has 2 N–H and O–H groups in total. The van der Waals surface area contributed by atoms with Gasteiger partial charge in [0.2, 0.25) is 17.5 Å². The number of carbonyl (C=O) groups is 3. The van der Waals surface area contributed by atoms with Crippen LogP contribution >= 0.6 is 0 Å². The van der Waals surface area contributed by atoms with Crippen LogP contribution in [0, 0.1) is 5.92 Å². The Kier molecular flexibility index (Phi) is 8.54. The van der Waals surface area contributed by atoms with E-state index in [1.54, 1.807) is 31.2 Å². The van der Waals surface area contributed by atoms with Gasteiger partial charge in [-0.1, -0.05) is 42.4 Å². The highest BCUT2D eigenvalue weighted by molar-refractivity contribution is 7.91. The zero-order chi connectivity index (χ0) is 26.4. The molecule has 2 atom stereocenters. The van der Waals surface area contributed by atoms with Crippen molar-refractivity contribution in [2.24, 2.45) is 5.92 Å². The molecule has 1 aliphatic carbocycles. The first-order valence-electron chi connectivity index (χ1n) is 12.3. The van der Waals surface area contributed by atoms with Gasteiger partial charge in [-0.05, 0) is 25.2 Å². The van der Waals surface area contributed by atoms with Gasteiger partial charge in [-0.3, -0.25) is 9.59 Å². The van der Waals surface area contributed by atoms with E-state index >= 15 is 0 Å². The number of morpholine rings is 1. The van der Waals surface area contributed by atoms with Gasteiger partial charge in [-0.15, -0.1) is 0 Å². The standard InChI is InChI=1S/C24H31N5O7S/c1-2-18(20(30)23-27-21(28-36-23)17-6-4-3-5-7-17)25-22(31)19(15-37(33,34)14-16-8-9-16)26-24(32)29-10-12-35-13-11-29/h3-7,16,18-19H,2,8-15H2,1H3,(H,25,31)(H,26,32). The van der Waals surface area contributed by atoms with E-state index in [0.717, 1.165) is 12.8 Å². The zero-order valence-electron chi connectivity index (χ0n) is 20.6. The minimum Gasteiger partial charge on any atom is -0.378 e. The lowest BCUT2D eigenvalue weighted by Gasteiger charge is -2.29. The van der Waals surface area contributed by atoms with Gasteiger partial charge in [0.05, 0.1) is 30.8 Å². The molecule has 200 valence electrons. The number of carbonyl (C=O) groups excluding carboxylic acids is 3. The lowest BCUT2D eigenvalue weighted by atomic mass is 10.1. The van der Waals surface area contributed by atoms with Gasteiger partial charge in [-0.2, -0.15) is 4.98 Å². The Hall–Kier alpha value is -3.32.